The number of fused-ring (bicyclic) bond motifs is 1. The van der Waals surface area contributed by atoms with Crippen LogP contribution in [-0.2, 0) is 0 Å². The standard InChI is InChI=1S/C11H8O.C7H6O2/c12-8-10-6-3-5-9-4-1-2-7-11(9)10;8-5-6-3-1-2-4-7(6)9/h1-8H;1-5,9H. The van der Waals surface area contributed by atoms with Crippen molar-refractivity contribution >= 4 is 23.3 Å². The van der Waals surface area contributed by atoms with Crippen molar-refractivity contribution in [2.24, 2.45) is 0 Å². The zero-order valence-corrected chi connectivity index (χ0v) is 11.3. The van der Waals surface area contributed by atoms with Gasteiger partial charge in [-0.2, -0.15) is 0 Å². The summed E-state index contributed by atoms with van der Waals surface area (Å²) in [5.41, 5.74) is 1.09. The number of benzene rings is 3. The zero-order valence-electron chi connectivity index (χ0n) is 11.3. The number of rotatable bonds is 2. The average Bonchev–Trinajstić information content (AvgIpc) is 2.55. The predicted molar refractivity (Wildman–Crippen MR) is 82.8 cm³/mol. The van der Waals surface area contributed by atoms with Gasteiger partial charge in [0.25, 0.3) is 0 Å². The van der Waals surface area contributed by atoms with Crippen LogP contribution >= 0.6 is 0 Å². The maximum absolute atomic E-state index is 10.6. The summed E-state index contributed by atoms with van der Waals surface area (Å²) in [7, 11) is 0. The summed E-state index contributed by atoms with van der Waals surface area (Å²) < 4.78 is 0. The molecule has 3 aromatic rings. The quantitative estimate of drug-likeness (QED) is 0.724. The van der Waals surface area contributed by atoms with E-state index in [2.05, 4.69) is 0 Å². The van der Waals surface area contributed by atoms with Crippen LogP contribution in [0, 0.1) is 0 Å². The van der Waals surface area contributed by atoms with Crippen LogP contribution in [0.4, 0.5) is 0 Å². The van der Waals surface area contributed by atoms with Gasteiger partial charge in [-0.1, -0.05) is 54.6 Å². The number of para-hydroxylation sites is 1. The van der Waals surface area contributed by atoms with Crippen molar-refractivity contribution in [2.75, 3.05) is 0 Å². The molecule has 0 fully saturated rings. The molecule has 0 unspecified atom stereocenters. The summed E-state index contributed by atoms with van der Waals surface area (Å²) in [5, 5.41) is 11.0. The van der Waals surface area contributed by atoms with Crippen molar-refractivity contribution < 1.29 is 14.7 Å². The Morgan fingerprint density at radius 1 is 0.667 bits per heavy atom. The molecule has 0 heterocycles. The molecule has 0 atom stereocenters. The van der Waals surface area contributed by atoms with Crippen molar-refractivity contribution in [1.29, 1.82) is 0 Å². The molecule has 3 heteroatoms. The third kappa shape index (κ3) is 3.54. The fourth-order valence-corrected chi connectivity index (χ4v) is 1.94. The number of phenolic OH excluding ortho intramolecular Hbond substituents is 1. The lowest BCUT2D eigenvalue weighted by molar-refractivity contribution is 0.111. The van der Waals surface area contributed by atoms with Crippen molar-refractivity contribution in [3.8, 4) is 5.75 Å². The molecule has 0 aliphatic heterocycles. The highest BCUT2D eigenvalue weighted by atomic mass is 16.3. The van der Waals surface area contributed by atoms with Gasteiger partial charge in [0.05, 0.1) is 5.56 Å². The summed E-state index contributed by atoms with van der Waals surface area (Å²) >= 11 is 0. The van der Waals surface area contributed by atoms with Gasteiger partial charge in [0.2, 0.25) is 0 Å². The highest BCUT2D eigenvalue weighted by Gasteiger charge is 1.96. The van der Waals surface area contributed by atoms with Crippen LogP contribution in [0.1, 0.15) is 20.7 Å². The Kier molecular flexibility index (Phi) is 4.83. The molecule has 3 nitrogen and oxygen atoms in total. The maximum Gasteiger partial charge on any atom is 0.153 e. The molecule has 3 aromatic carbocycles. The minimum atomic E-state index is 0.0347. The SMILES string of the molecule is O=Cc1cccc2ccccc12.O=Cc1ccccc1O. The van der Waals surface area contributed by atoms with Gasteiger partial charge >= 0.3 is 0 Å². The molecule has 0 saturated heterocycles. The lowest BCUT2D eigenvalue weighted by Crippen LogP contribution is -1.81. The second-order valence-electron chi connectivity index (χ2n) is 4.36. The van der Waals surface area contributed by atoms with Crippen molar-refractivity contribution in [3.63, 3.8) is 0 Å². The minimum Gasteiger partial charge on any atom is -0.507 e. The molecule has 104 valence electrons. The van der Waals surface area contributed by atoms with E-state index in [1.807, 2.05) is 42.5 Å². The molecule has 0 bridgehead atoms. The largest absolute Gasteiger partial charge is 0.507 e. The first kappa shape index (κ1) is 14.5. The van der Waals surface area contributed by atoms with Crippen molar-refractivity contribution in [2.45, 2.75) is 0 Å². The molecule has 0 aliphatic rings. The lowest BCUT2D eigenvalue weighted by Gasteiger charge is -1.98. The Hall–Kier alpha value is -2.94. The normalized spacial score (nSPS) is 9.52. The molecule has 0 amide bonds. The van der Waals surface area contributed by atoms with Crippen LogP contribution in [0.5, 0.6) is 5.75 Å². The van der Waals surface area contributed by atoms with Gasteiger partial charge in [0.15, 0.2) is 12.6 Å². The van der Waals surface area contributed by atoms with Gasteiger partial charge in [-0.15, -0.1) is 0 Å². The number of aromatic hydroxyl groups is 1. The number of carbonyl (C=O) groups excluding carboxylic acids is 2. The van der Waals surface area contributed by atoms with Gasteiger partial charge < -0.3 is 5.11 Å². The van der Waals surface area contributed by atoms with E-state index in [9.17, 15) is 9.59 Å². The Bertz CT molecular complexity index is 758. The molecule has 1 N–H and O–H groups in total. The third-order valence-electron chi connectivity index (χ3n) is 3.01. The van der Waals surface area contributed by atoms with E-state index >= 15 is 0 Å². The predicted octanol–water partition coefficient (Wildman–Crippen LogP) is 3.86. The minimum absolute atomic E-state index is 0.0347. The monoisotopic (exact) mass is 278 g/mol. The topological polar surface area (TPSA) is 54.4 Å². The van der Waals surface area contributed by atoms with Crippen LogP contribution < -0.4 is 0 Å². The van der Waals surface area contributed by atoms with Crippen LogP contribution in [0.15, 0.2) is 66.7 Å². The summed E-state index contributed by atoms with van der Waals surface area (Å²) in [6, 6.07) is 20.0. The molecule has 21 heavy (non-hydrogen) atoms. The van der Waals surface area contributed by atoms with E-state index in [4.69, 9.17) is 5.11 Å². The smallest absolute Gasteiger partial charge is 0.153 e. The van der Waals surface area contributed by atoms with Crippen LogP contribution in [0.3, 0.4) is 0 Å². The number of aldehydes is 2. The first-order chi connectivity index (χ1) is 10.3. The van der Waals surface area contributed by atoms with E-state index in [1.165, 1.54) is 6.07 Å². The Morgan fingerprint density at radius 2 is 1.24 bits per heavy atom. The highest BCUT2D eigenvalue weighted by Crippen LogP contribution is 2.16. The Labute approximate surface area is 122 Å². The van der Waals surface area contributed by atoms with Gasteiger partial charge in [-0.05, 0) is 22.9 Å². The van der Waals surface area contributed by atoms with Gasteiger partial charge in [0.1, 0.15) is 5.75 Å². The second-order valence-corrected chi connectivity index (χ2v) is 4.36. The number of carbonyl (C=O) groups is 2. The fraction of sp³-hybridized carbons (Fsp3) is 0. The first-order valence-corrected chi connectivity index (χ1v) is 6.42. The van der Waals surface area contributed by atoms with Crippen LogP contribution in [0.25, 0.3) is 10.8 Å². The molecule has 0 saturated carbocycles. The molecule has 0 spiro atoms. The first-order valence-electron chi connectivity index (χ1n) is 6.42. The number of phenols is 1. The van der Waals surface area contributed by atoms with E-state index < -0.39 is 0 Å². The molecule has 3 rings (SSSR count). The van der Waals surface area contributed by atoms with Gasteiger partial charge in [0, 0.05) is 5.56 Å². The summed E-state index contributed by atoms with van der Waals surface area (Å²) in [6.07, 6.45) is 1.51. The average molecular weight is 278 g/mol. The number of hydrogen-bond donors (Lipinski definition) is 1. The van der Waals surface area contributed by atoms with Gasteiger partial charge in [-0.25, -0.2) is 0 Å². The Balaban J connectivity index is 0.000000161. The second kappa shape index (κ2) is 7.01. The van der Waals surface area contributed by atoms with Crippen LogP contribution in [0.2, 0.25) is 0 Å². The summed E-state index contributed by atoms with van der Waals surface area (Å²) in [4.78, 5) is 20.7. The summed E-state index contributed by atoms with van der Waals surface area (Å²) in [5.74, 6) is 0.0347. The maximum atomic E-state index is 10.6. The van der Waals surface area contributed by atoms with E-state index in [0.29, 0.717) is 11.8 Å². The van der Waals surface area contributed by atoms with Gasteiger partial charge in [-0.3, -0.25) is 9.59 Å². The van der Waals surface area contributed by atoms with E-state index in [-0.39, 0.29) is 5.75 Å². The molecule has 0 aliphatic carbocycles. The van der Waals surface area contributed by atoms with Crippen molar-refractivity contribution in [3.05, 3.63) is 77.9 Å². The zero-order chi connectivity index (χ0) is 15.1. The highest BCUT2D eigenvalue weighted by molar-refractivity contribution is 5.97. The molecular weight excluding hydrogens is 264 g/mol. The number of hydrogen-bond acceptors (Lipinski definition) is 3. The molecule has 0 radical (unpaired) electrons. The van der Waals surface area contributed by atoms with E-state index in [0.717, 1.165) is 22.6 Å². The summed E-state index contributed by atoms with van der Waals surface area (Å²) in [6.45, 7) is 0. The lowest BCUT2D eigenvalue weighted by atomic mass is 10.1. The molecular formula is C18H14O3. The Morgan fingerprint density at radius 3 is 1.90 bits per heavy atom. The van der Waals surface area contributed by atoms with E-state index in [1.54, 1.807) is 18.2 Å². The fourth-order valence-electron chi connectivity index (χ4n) is 1.94. The van der Waals surface area contributed by atoms with Crippen LogP contribution in [-0.4, -0.2) is 17.7 Å². The van der Waals surface area contributed by atoms with Crippen molar-refractivity contribution in [1.82, 2.24) is 0 Å². The molecule has 0 aromatic heterocycles. The third-order valence-corrected chi connectivity index (χ3v) is 3.01.